The molecule has 4 rings (SSSR count). The van der Waals surface area contributed by atoms with Crippen molar-refractivity contribution in [2.24, 2.45) is 11.8 Å². The van der Waals surface area contributed by atoms with E-state index in [-0.39, 0.29) is 11.8 Å². The molecule has 2 aliphatic rings. The molecule has 2 aromatic heterocycles. The Labute approximate surface area is 121 Å². The average molecular weight is 285 g/mol. The summed E-state index contributed by atoms with van der Waals surface area (Å²) in [6, 6.07) is 6.04. The molecule has 1 amide bonds. The standard InChI is InChI=1S/C15H15N3OS/c19-15-14-9-17(12-2-1-4-16-6-12)7-11(14)8-18(15)13-3-5-20-10-13/h1-6,10-11,14H,7-9H2/t11-,14-/m1/s1. The zero-order valence-corrected chi connectivity index (χ0v) is 11.8. The molecule has 5 heteroatoms. The smallest absolute Gasteiger partial charge is 0.232 e. The number of nitrogens with zero attached hydrogens (tertiary/aromatic N) is 3. The van der Waals surface area contributed by atoms with E-state index in [1.807, 2.05) is 28.6 Å². The monoisotopic (exact) mass is 285 g/mol. The number of hydrogen-bond donors (Lipinski definition) is 0. The summed E-state index contributed by atoms with van der Waals surface area (Å²) in [4.78, 5) is 20.9. The van der Waals surface area contributed by atoms with Gasteiger partial charge in [0.15, 0.2) is 0 Å². The summed E-state index contributed by atoms with van der Waals surface area (Å²) in [5, 5.41) is 4.08. The number of pyridine rings is 1. The maximum atomic E-state index is 12.6. The van der Waals surface area contributed by atoms with Crippen LogP contribution >= 0.6 is 11.3 Å². The first-order chi connectivity index (χ1) is 9.83. The normalized spacial score (nSPS) is 25.3. The second kappa shape index (κ2) is 4.59. The highest BCUT2D eigenvalue weighted by Gasteiger charge is 2.46. The molecule has 4 heterocycles. The van der Waals surface area contributed by atoms with Crippen molar-refractivity contribution in [3.63, 3.8) is 0 Å². The molecule has 0 spiro atoms. The fourth-order valence-corrected chi connectivity index (χ4v) is 3.90. The molecule has 0 bridgehead atoms. The Morgan fingerprint density at radius 1 is 1.20 bits per heavy atom. The van der Waals surface area contributed by atoms with Gasteiger partial charge in [-0.2, -0.15) is 11.3 Å². The van der Waals surface area contributed by atoms with Crippen molar-refractivity contribution in [3.05, 3.63) is 41.4 Å². The van der Waals surface area contributed by atoms with Crippen molar-refractivity contribution in [1.82, 2.24) is 4.98 Å². The Morgan fingerprint density at radius 3 is 2.85 bits per heavy atom. The van der Waals surface area contributed by atoms with Crippen molar-refractivity contribution in [3.8, 4) is 0 Å². The zero-order chi connectivity index (χ0) is 13.5. The van der Waals surface area contributed by atoms with E-state index in [0.29, 0.717) is 5.92 Å². The van der Waals surface area contributed by atoms with Gasteiger partial charge in [0.2, 0.25) is 5.91 Å². The quantitative estimate of drug-likeness (QED) is 0.849. The number of aromatic nitrogens is 1. The number of fused-ring (bicyclic) bond motifs is 1. The first kappa shape index (κ1) is 11.9. The number of thiophene rings is 1. The largest absolute Gasteiger partial charge is 0.369 e. The van der Waals surface area contributed by atoms with Gasteiger partial charge < -0.3 is 9.80 Å². The Morgan fingerprint density at radius 2 is 2.15 bits per heavy atom. The summed E-state index contributed by atoms with van der Waals surface area (Å²) < 4.78 is 0. The van der Waals surface area contributed by atoms with E-state index in [1.54, 1.807) is 17.5 Å². The van der Waals surface area contributed by atoms with Gasteiger partial charge in [0.1, 0.15) is 0 Å². The molecular weight excluding hydrogens is 270 g/mol. The summed E-state index contributed by atoms with van der Waals surface area (Å²) in [6.45, 7) is 2.61. The van der Waals surface area contributed by atoms with Crippen LogP contribution in [-0.2, 0) is 4.79 Å². The molecule has 4 nitrogen and oxygen atoms in total. The summed E-state index contributed by atoms with van der Waals surface area (Å²) >= 11 is 1.64. The molecule has 20 heavy (non-hydrogen) atoms. The molecule has 0 radical (unpaired) electrons. The van der Waals surface area contributed by atoms with E-state index in [0.717, 1.165) is 31.0 Å². The Hall–Kier alpha value is -1.88. The predicted octanol–water partition coefficient (Wildman–Crippen LogP) is 2.24. The van der Waals surface area contributed by atoms with Crippen molar-refractivity contribution in [1.29, 1.82) is 0 Å². The molecule has 0 aromatic carbocycles. The number of anilines is 2. The van der Waals surface area contributed by atoms with Crippen molar-refractivity contribution < 1.29 is 4.79 Å². The van der Waals surface area contributed by atoms with E-state index < -0.39 is 0 Å². The van der Waals surface area contributed by atoms with Gasteiger partial charge in [-0.25, -0.2) is 0 Å². The van der Waals surface area contributed by atoms with Gasteiger partial charge in [-0.3, -0.25) is 9.78 Å². The third-order valence-electron chi connectivity index (χ3n) is 4.27. The number of hydrogen-bond acceptors (Lipinski definition) is 4. The average Bonchev–Trinajstić information content (AvgIpc) is 3.18. The Bertz CT molecular complexity index is 613. The number of carbonyl (C=O) groups excluding carboxylic acids is 1. The van der Waals surface area contributed by atoms with Crippen LogP contribution in [0, 0.1) is 11.8 Å². The van der Waals surface area contributed by atoms with Gasteiger partial charge in [0, 0.05) is 37.1 Å². The number of amides is 1. The van der Waals surface area contributed by atoms with Crippen molar-refractivity contribution >= 4 is 28.6 Å². The number of carbonyl (C=O) groups is 1. The van der Waals surface area contributed by atoms with Gasteiger partial charge >= 0.3 is 0 Å². The fraction of sp³-hybridized carbons (Fsp3) is 0.333. The minimum atomic E-state index is 0.134. The fourth-order valence-electron chi connectivity index (χ4n) is 3.26. The van der Waals surface area contributed by atoms with Gasteiger partial charge in [0.05, 0.1) is 23.5 Å². The molecule has 102 valence electrons. The lowest BCUT2D eigenvalue weighted by Crippen LogP contribution is -2.32. The Kier molecular flexibility index (Phi) is 2.73. The maximum absolute atomic E-state index is 12.6. The zero-order valence-electron chi connectivity index (χ0n) is 11.0. The molecule has 0 saturated carbocycles. The summed E-state index contributed by atoms with van der Waals surface area (Å²) in [5.41, 5.74) is 2.18. The van der Waals surface area contributed by atoms with Crippen molar-refractivity contribution in [2.75, 3.05) is 29.4 Å². The van der Waals surface area contributed by atoms with Crippen LogP contribution in [0.4, 0.5) is 11.4 Å². The predicted molar refractivity (Wildman–Crippen MR) is 80.1 cm³/mol. The van der Waals surface area contributed by atoms with Gasteiger partial charge in [-0.05, 0) is 23.6 Å². The van der Waals surface area contributed by atoms with E-state index in [9.17, 15) is 4.79 Å². The van der Waals surface area contributed by atoms with E-state index in [1.165, 1.54) is 0 Å². The first-order valence-electron chi connectivity index (χ1n) is 6.81. The molecule has 0 aliphatic carbocycles. The number of rotatable bonds is 2. The minimum absolute atomic E-state index is 0.134. The molecule has 2 atom stereocenters. The summed E-state index contributed by atoms with van der Waals surface area (Å²) in [7, 11) is 0. The first-order valence-corrected chi connectivity index (χ1v) is 7.76. The van der Waals surface area contributed by atoms with Crippen LogP contribution in [0.1, 0.15) is 0 Å². The van der Waals surface area contributed by atoms with E-state index >= 15 is 0 Å². The van der Waals surface area contributed by atoms with Gasteiger partial charge in [-0.15, -0.1) is 0 Å². The maximum Gasteiger partial charge on any atom is 0.232 e. The third kappa shape index (κ3) is 1.81. The highest BCUT2D eigenvalue weighted by atomic mass is 32.1. The van der Waals surface area contributed by atoms with Crippen LogP contribution in [0.15, 0.2) is 41.4 Å². The molecule has 2 fully saturated rings. The molecule has 0 unspecified atom stereocenters. The Balaban J connectivity index is 1.53. The van der Waals surface area contributed by atoms with Crippen LogP contribution in [0.5, 0.6) is 0 Å². The van der Waals surface area contributed by atoms with Crippen LogP contribution in [0.2, 0.25) is 0 Å². The third-order valence-corrected chi connectivity index (χ3v) is 4.94. The second-order valence-corrected chi connectivity index (χ2v) is 6.19. The highest BCUT2D eigenvalue weighted by molar-refractivity contribution is 7.08. The van der Waals surface area contributed by atoms with Crippen LogP contribution in [0.25, 0.3) is 0 Å². The second-order valence-electron chi connectivity index (χ2n) is 5.41. The lowest BCUT2D eigenvalue weighted by Gasteiger charge is -2.22. The highest BCUT2D eigenvalue weighted by Crippen LogP contribution is 2.37. The molecular formula is C15H15N3OS. The van der Waals surface area contributed by atoms with Gasteiger partial charge in [-0.1, -0.05) is 0 Å². The topological polar surface area (TPSA) is 36.4 Å². The lowest BCUT2D eigenvalue weighted by molar-refractivity contribution is -0.120. The molecule has 2 aliphatic heterocycles. The summed E-state index contributed by atoms with van der Waals surface area (Å²) in [6.07, 6.45) is 3.66. The van der Waals surface area contributed by atoms with Crippen LogP contribution < -0.4 is 9.80 Å². The van der Waals surface area contributed by atoms with E-state index in [2.05, 4.69) is 21.3 Å². The molecule has 0 N–H and O–H groups in total. The van der Waals surface area contributed by atoms with Gasteiger partial charge in [0.25, 0.3) is 0 Å². The molecule has 2 saturated heterocycles. The van der Waals surface area contributed by atoms with Crippen molar-refractivity contribution in [2.45, 2.75) is 0 Å². The minimum Gasteiger partial charge on any atom is -0.369 e. The van der Waals surface area contributed by atoms with Crippen LogP contribution in [-0.4, -0.2) is 30.5 Å². The lowest BCUT2D eigenvalue weighted by atomic mass is 10.0. The summed E-state index contributed by atoms with van der Waals surface area (Å²) in [5.74, 6) is 0.845. The van der Waals surface area contributed by atoms with E-state index in [4.69, 9.17) is 0 Å². The SMILES string of the molecule is O=C1[C@@H]2CN(c3cccnc3)C[C@@H]2CN1c1ccsc1. The van der Waals surface area contributed by atoms with Crippen LogP contribution in [0.3, 0.4) is 0 Å². The molecule has 2 aromatic rings.